The number of piperidine rings is 4. The van der Waals surface area contributed by atoms with Crippen LogP contribution < -0.4 is 15.8 Å². The molecule has 0 aliphatic carbocycles. The SMILES string of the molecule is NC1CCN(C(=O)CN2CCCC(N3CCC(Oc4cccc5c4CN(C4CCC(=O)NC4=O)C5=O)CC3)C2)CC1. The van der Waals surface area contributed by atoms with Gasteiger partial charge in [0.1, 0.15) is 17.9 Å². The second-order valence-electron chi connectivity index (χ2n) is 12.3. The highest BCUT2D eigenvalue weighted by Crippen LogP contribution is 2.35. The van der Waals surface area contributed by atoms with E-state index in [0.717, 1.165) is 83.4 Å². The van der Waals surface area contributed by atoms with Crippen LogP contribution in [0.4, 0.5) is 0 Å². The Kier molecular flexibility index (Phi) is 8.28. The lowest BCUT2D eigenvalue weighted by Gasteiger charge is -2.42. The molecule has 4 amide bonds. The number of amides is 4. The molecule has 0 spiro atoms. The van der Waals surface area contributed by atoms with Crippen LogP contribution in [0.15, 0.2) is 18.2 Å². The molecule has 5 aliphatic rings. The monoisotopic (exact) mass is 566 g/mol. The summed E-state index contributed by atoms with van der Waals surface area (Å²) in [7, 11) is 0. The van der Waals surface area contributed by atoms with Gasteiger partial charge in [-0.3, -0.25) is 34.3 Å². The molecule has 11 nitrogen and oxygen atoms in total. The molecule has 0 aromatic heterocycles. The summed E-state index contributed by atoms with van der Waals surface area (Å²) in [4.78, 5) is 58.4. The summed E-state index contributed by atoms with van der Waals surface area (Å²) in [6, 6.07) is 5.59. The molecule has 2 unspecified atom stereocenters. The van der Waals surface area contributed by atoms with E-state index in [1.165, 1.54) is 0 Å². The van der Waals surface area contributed by atoms with Gasteiger partial charge in [-0.05, 0) is 63.6 Å². The number of carbonyl (C=O) groups excluding carboxylic acids is 4. The third-order valence-electron chi connectivity index (χ3n) is 9.56. The standard InChI is InChI=1S/C30H42N6O5/c31-20-8-13-35(14-9-20)28(38)19-33-12-2-3-21(17-33)34-15-10-22(11-16-34)41-26-5-1-4-23-24(26)18-36(30(23)40)25-6-7-27(37)32-29(25)39/h1,4-5,20-22,25H,2-3,6-19,31H2,(H,32,37,39). The average Bonchev–Trinajstić information content (AvgIpc) is 3.31. The van der Waals surface area contributed by atoms with Gasteiger partial charge in [-0.1, -0.05) is 6.07 Å². The molecule has 5 aliphatic heterocycles. The Bertz CT molecular complexity index is 1180. The fourth-order valence-electron chi connectivity index (χ4n) is 7.12. The zero-order chi connectivity index (χ0) is 28.5. The van der Waals surface area contributed by atoms with Crippen LogP contribution in [0, 0.1) is 0 Å². The number of fused-ring (bicyclic) bond motifs is 1. The summed E-state index contributed by atoms with van der Waals surface area (Å²) in [6.45, 7) is 6.15. The third kappa shape index (κ3) is 6.12. The molecule has 11 heteroatoms. The van der Waals surface area contributed by atoms with Crippen LogP contribution in [-0.4, -0.2) is 113 Å². The number of imide groups is 1. The largest absolute Gasteiger partial charge is 0.490 e. The number of rotatable bonds is 6. The fraction of sp³-hybridized carbons (Fsp3) is 0.667. The first-order valence-electron chi connectivity index (χ1n) is 15.3. The number of likely N-dealkylation sites (tertiary alicyclic amines) is 3. The Balaban J connectivity index is 1.00. The van der Waals surface area contributed by atoms with E-state index in [2.05, 4.69) is 15.1 Å². The summed E-state index contributed by atoms with van der Waals surface area (Å²) >= 11 is 0. The van der Waals surface area contributed by atoms with Crippen molar-refractivity contribution in [1.82, 2.24) is 24.9 Å². The van der Waals surface area contributed by atoms with Crippen LogP contribution >= 0.6 is 0 Å². The number of nitrogens with zero attached hydrogens (tertiary/aromatic N) is 4. The minimum Gasteiger partial charge on any atom is -0.490 e. The molecule has 1 aromatic rings. The molecule has 41 heavy (non-hydrogen) atoms. The highest BCUT2D eigenvalue weighted by atomic mass is 16.5. The smallest absolute Gasteiger partial charge is 0.255 e. The first-order chi connectivity index (χ1) is 19.9. The molecule has 3 N–H and O–H groups in total. The van der Waals surface area contributed by atoms with E-state index < -0.39 is 11.9 Å². The van der Waals surface area contributed by atoms with Gasteiger partial charge < -0.3 is 20.3 Å². The van der Waals surface area contributed by atoms with Crippen LogP contribution in [-0.2, 0) is 20.9 Å². The second-order valence-corrected chi connectivity index (χ2v) is 12.3. The molecular formula is C30H42N6O5. The van der Waals surface area contributed by atoms with Crippen LogP contribution in [0.25, 0.3) is 0 Å². The predicted octanol–water partition coefficient (Wildman–Crippen LogP) is 0.705. The van der Waals surface area contributed by atoms with E-state index in [-0.39, 0.29) is 36.3 Å². The Hall–Kier alpha value is -3.02. The molecule has 6 rings (SSSR count). The first kappa shape index (κ1) is 28.1. The maximum absolute atomic E-state index is 13.1. The summed E-state index contributed by atoms with van der Waals surface area (Å²) < 4.78 is 6.48. The van der Waals surface area contributed by atoms with Gasteiger partial charge in [-0.2, -0.15) is 0 Å². The number of nitrogens with two attached hydrogens (primary N) is 1. The maximum Gasteiger partial charge on any atom is 0.255 e. The van der Waals surface area contributed by atoms with Crippen molar-refractivity contribution < 1.29 is 23.9 Å². The average molecular weight is 567 g/mol. The number of ether oxygens (including phenoxy) is 1. The highest BCUT2D eigenvalue weighted by Gasteiger charge is 2.40. The molecule has 0 radical (unpaired) electrons. The van der Waals surface area contributed by atoms with Gasteiger partial charge in [0.2, 0.25) is 17.7 Å². The topological polar surface area (TPSA) is 129 Å². The molecule has 0 bridgehead atoms. The fourth-order valence-corrected chi connectivity index (χ4v) is 7.12. The molecule has 1 aromatic carbocycles. The maximum atomic E-state index is 13.1. The summed E-state index contributed by atoms with van der Waals surface area (Å²) in [5.41, 5.74) is 7.41. The van der Waals surface area contributed by atoms with Gasteiger partial charge in [0.15, 0.2) is 0 Å². The number of hydrogen-bond acceptors (Lipinski definition) is 8. The number of benzene rings is 1. The van der Waals surface area contributed by atoms with Crippen molar-refractivity contribution in [3.63, 3.8) is 0 Å². The third-order valence-corrected chi connectivity index (χ3v) is 9.56. The van der Waals surface area contributed by atoms with Crippen LogP contribution in [0.5, 0.6) is 5.75 Å². The normalized spacial score (nSPS) is 27.2. The minimum atomic E-state index is -0.632. The number of hydrogen-bond donors (Lipinski definition) is 2. The molecule has 0 saturated carbocycles. The molecule has 4 saturated heterocycles. The van der Waals surface area contributed by atoms with Crippen molar-refractivity contribution in [2.45, 2.75) is 82.1 Å². The Morgan fingerprint density at radius 3 is 2.51 bits per heavy atom. The van der Waals surface area contributed by atoms with Crippen LogP contribution in [0.1, 0.15) is 67.3 Å². The highest BCUT2D eigenvalue weighted by molar-refractivity contribution is 6.05. The lowest BCUT2D eigenvalue weighted by atomic mass is 9.99. The minimum absolute atomic E-state index is 0.0595. The van der Waals surface area contributed by atoms with Gasteiger partial charge in [0.05, 0.1) is 13.1 Å². The zero-order valence-corrected chi connectivity index (χ0v) is 23.8. The van der Waals surface area contributed by atoms with E-state index in [1.54, 1.807) is 11.0 Å². The van der Waals surface area contributed by atoms with Gasteiger partial charge in [0.25, 0.3) is 5.91 Å². The van der Waals surface area contributed by atoms with Crippen molar-refractivity contribution in [3.8, 4) is 5.75 Å². The van der Waals surface area contributed by atoms with Crippen molar-refractivity contribution in [2.24, 2.45) is 5.73 Å². The summed E-state index contributed by atoms with van der Waals surface area (Å²) in [5, 5.41) is 2.36. The number of carbonyl (C=O) groups is 4. The molecular weight excluding hydrogens is 524 g/mol. The van der Waals surface area contributed by atoms with Crippen LogP contribution in [0.3, 0.4) is 0 Å². The van der Waals surface area contributed by atoms with Crippen molar-refractivity contribution >= 4 is 23.6 Å². The van der Waals surface area contributed by atoms with E-state index >= 15 is 0 Å². The Morgan fingerprint density at radius 2 is 1.76 bits per heavy atom. The molecule has 4 fully saturated rings. The molecule has 222 valence electrons. The summed E-state index contributed by atoms with van der Waals surface area (Å²) in [6.07, 6.45) is 6.49. The quantitative estimate of drug-likeness (QED) is 0.482. The molecule has 2 atom stereocenters. The summed E-state index contributed by atoms with van der Waals surface area (Å²) in [5.74, 6) is 0.0705. The lowest BCUT2D eigenvalue weighted by molar-refractivity contribution is -0.137. The van der Waals surface area contributed by atoms with Gasteiger partial charge in [-0.15, -0.1) is 0 Å². The van der Waals surface area contributed by atoms with Gasteiger partial charge >= 0.3 is 0 Å². The van der Waals surface area contributed by atoms with E-state index in [9.17, 15) is 19.2 Å². The Morgan fingerprint density at radius 1 is 0.976 bits per heavy atom. The van der Waals surface area contributed by atoms with Crippen molar-refractivity contribution in [2.75, 3.05) is 45.8 Å². The Labute approximate surface area is 241 Å². The predicted molar refractivity (Wildman–Crippen MR) is 151 cm³/mol. The lowest BCUT2D eigenvalue weighted by Crippen LogP contribution is -2.54. The van der Waals surface area contributed by atoms with Crippen molar-refractivity contribution in [3.05, 3.63) is 29.3 Å². The zero-order valence-electron chi connectivity index (χ0n) is 23.8. The van der Waals surface area contributed by atoms with E-state index in [4.69, 9.17) is 10.5 Å². The van der Waals surface area contributed by atoms with Crippen molar-refractivity contribution in [1.29, 1.82) is 0 Å². The molecule has 5 heterocycles. The second kappa shape index (κ2) is 12.1. The van der Waals surface area contributed by atoms with Gasteiger partial charge in [-0.25, -0.2) is 0 Å². The first-order valence-corrected chi connectivity index (χ1v) is 15.3. The number of nitrogens with one attached hydrogen (secondary N) is 1. The van der Waals surface area contributed by atoms with Crippen LogP contribution in [0.2, 0.25) is 0 Å². The van der Waals surface area contributed by atoms with Gasteiger partial charge in [0, 0.05) is 62.4 Å². The van der Waals surface area contributed by atoms with E-state index in [1.807, 2.05) is 17.0 Å². The van der Waals surface area contributed by atoms with E-state index in [0.29, 0.717) is 36.9 Å².